The molecule has 0 aliphatic carbocycles. The fourth-order valence-corrected chi connectivity index (χ4v) is 3.32. The van der Waals surface area contributed by atoms with Gasteiger partial charge in [-0.15, -0.1) is 24.0 Å². The van der Waals surface area contributed by atoms with E-state index in [2.05, 4.69) is 40.3 Å². The standard InChI is InChI=1S/C20H30N6O.HI/c1-3-21-20(22-9-6-10-26-16-17(2)15-23-26)25-13-11-24(12-14-25)18-7-4-5-8-19(18)27;/h4-5,7-8,15-16,27H,3,6,9-14H2,1-2H3,(H,21,22);1H. The topological polar surface area (TPSA) is 68.9 Å². The summed E-state index contributed by atoms with van der Waals surface area (Å²) in [7, 11) is 0. The van der Waals surface area contributed by atoms with Gasteiger partial charge in [-0.05, 0) is 38.0 Å². The molecule has 0 amide bonds. The van der Waals surface area contributed by atoms with Crippen LogP contribution < -0.4 is 10.2 Å². The molecular formula is C20H31IN6O. The fourth-order valence-electron chi connectivity index (χ4n) is 3.32. The van der Waals surface area contributed by atoms with Gasteiger partial charge in [-0.1, -0.05) is 12.1 Å². The zero-order valence-corrected chi connectivity index (χ0v) is 19.0. The number of phenolic OH excluding ortho intramolecular Hbond substituents is 1. The quantitative estimate of drug-likeness (QED) is 0.278. The maximum absolute atomic E-state index is 10.1. The van der Waals surface area contributed by atoms with Crippen molar-refractivity contribution < 1.29 is 5.11 Å². The second kappa shape index (κ2) is 11.1. The van der Waals surface area contributed by atoms with Gasteiger partial charge in [-0.2, -0.15) is 5.10 Å². The number of guanidine groups is 1. The summed E-state index contributed by atoms with van der Waals surface area (Å²) in [4.78, 5) is 9.33. The van der Waals surface area contributed by atoms with Crippen molar-refractivity contribution in [1.29, 1.82) is 0 Å². The second-order valence-electron chi connectivity index (χ2n) is 6.83. The summed E-state index contributed by atoms with van der Waals surface area (Å²) >= 11 is 0. The van der Waals surface area contributed by atoms with Crippen LogP contribution in [0.2, 0.25) is 0 Å². The van der Waals surface area contributed by atoms with Crippen molar-refractivity contribution in [1.82, 2.24) is 20.0 Å². The molecule has 154 valence electrons. The molecule has 0 spiro atoms. The van der Waals surface area contributed by atoms with Crippen molar-refractivity contribution in [3.05, 3.63) is 42.2 Å². The Hall–Kier alpha value is -1.97. The van der Waals surface area contributed by atoms with Crippen LogP contribution in [-0.2, 0) is 6.54 Å². The molecule has 8 heteroatoms. The summed E-state index contributed by atoms with van der Waals surface area (Å²) in [6, 6.07) is 7.54. The number of rotatable bonds is 6. The molecule has 2 heterocycles. The van der Waals surface area contributed by atoms with Gasteiger partial charge in [0.05, 0.1) is 11.9 Å². The van der Waals surface area contributed by atoms with Crippen molar-refractivity contribution in [3.63, 3.8) is 0 Å². The molecule has 1 saturated heterocycles. The van der Waals surface area contributed by atoms with Gasteiger partial charge in [0.25, 0.3) is 0 Å². The summed E-state index contributed by atoms with van der Waals surface area (Å²) in [5, 5.41) is 17.8. The third kappa shape index (κ3) is 6.02. The van der Waals surface area contributed by atoms with E-state index in [0.29, 0.717) is 5.75 Å². The first-order valence-corrected chi connectivity index (χ1v) is 9.72. The molecule has 2 N–H and O–H groups in total. The van der Waals surface area contributed by atoms with Crippen LogP contribution in [0.25, 0.3) is 0 Å². The summed E-state index contributed by atoms with van der Waals surface area (Å²) in [6.07, 6.45) is 4.92. The van der Waals surface area contributed by atoms with E-state index in [1.165, 1.54) is 5.56 Å². The van der Waals surface area contributed by atoms with Crippen LogP contribution in [0.15, 0.2) is 41.7 Å². The van der Waals surface area contributed by atoms with Crippen LogP contribution in [0, 0.1) is 6.92 Å². The van der Waals surface area contributed by atoms with Crippen molar-refractivity contribution in [2.45, 2.75) is 26.8 Å². The number of halogens is 1. The van der Waals surface area contributed by atoms with Gasteiger partial charge < -0.3 is 20.2 Å². The zero-order chi connectivity index (χ0) is 19.1. The minimum Gasteiger partial charge on any atom is -0.506 e. The Morgan fingerprint density at radius 1 is 1.21 bits per heavy atom. The van der Waals surface area contributed by atoms with Gasteiger partial charge >= 0.3 is 0 Å². The lowest BCUT2D eigenvalue weighted by atomic mass is 10.2. The molecule has 7 nitrogen and oxygen atoms in total. The summed E-state index contributed by atoms with van der Waals surface area (Å²) in [6.45, 7) is 10.2. The number of aromatic nitrogens is 2. The number of benzene rings is 1. The van der Waals surface area contributed by atoms with Crippen LogP contribution in [0.3, 0.4) is 0 Å². The summed E-state index contributed by atoms with van der Waals surface area (Å²) in [5.41, 5.74) is 2.10. The second-order valence-corrected chi connectivity index (χ2v) is 6.83. The van der Waals surface area contributed by atoms with Gasteiger partial charge in [-0.3, -0.25) is 9.67 Å². The number of anilines is 1. The lowest BCUT2D eigenvalue weighted by Gasteiger charge is -2.37. The van der Waals surface area contributed by atoms with E-state index in [4.69, 9.17) is 4.99 Å². The number of hydrogen-bond acceptors (Lipinski definition) is 4. The molecule has 0 unspecified atom stereocenters. The number of nitrogens with one attached hydrogen (secondary N) is 1. The van der Waals surface area contributed by atoms with Crippen molar-refractivity contribution in [3.8, 4) is 5.75 Å². The van der Waals surface area contributed by atoms with Gasteiger partial charge in [0.1, 0.15) is 5.75 Å². The molecule has 0 radical (unpaired) electrons. The Balaban J connectivity index is 0.00000280. The van der Waals surface area contributed by atoms with E-state index >= 15 is 0 Å². The predicted octanol–water partition coefficient (Wildman–Crippen LogP) is 2.69. The Kier molecular flexibility index (Phi) is 8.88. The number of aliphatic imine (C=N–C) groups is 1. The highest BCUT2D eigenvalue weighted by molar-refractivity contribution is 14.0. The maximum atomic E-state index is 10.1. The third-order valence-electron chi connectivity index (χ3n) is 4.71. The Labute approximate surface area is 184 Å². The van der Waals surface area contributed by atoms with Crippen LogP contribution in [0.4, 0.5) is 5.69 Å². The van der Waals surface area contributed by atoms with Crippen molar-refractivity contribution in [2.24, 2.45) is 4.99 Å². The normalized spacial score (nSPS) is 14.7. The molecule has 1 aliphatic heterocycles. The SMILES string of the molecule is CCNC(=NCCCn1cc(C)cn1)N1CCN(c2ccccc2O)CC1.I. The number of para-hydroxylation sites is 2. The average molecular weight is 498 g/mol. The predicted molar refractivity (Wildman–Crippen MR) is 125 cm³/mol. The Bertz CT molecular complexity index is 755. The molecule has 0 atom stereocenters. The molecule has 1 aromatic heterocycles. The zero-order valence-electron chi connectivity index (χ0n) is 16.7. The van der Waals surface area contributed by atoms with E-state index in [0.717, 1.165) is 63.9 Å². The van der Waals surface area contributed by atoms with Gasteiger partial charge in [-0.25, -0.2) is 0 Å². The molecule has 1 fully saturated rings. The molecule has 3 rings (SSSR count). The fraction of sp³-hybridized carbons (Fsp3) is 0.500. The lowest BCUT2D eigenvalue weighted by molar-refractivity contribution is 0.369. The molecule has 2 aromatic rings. The summed E-state index contributed by atoms with van der Waals surface area (Å²) < 4.78 is 1.98. The smallest absolute Gasteiger partial charge is 0.194 e. The number of aromatic hydroxyl groups is 1. The minimum absolute atomic E-state index is 0. The number of piperazine rings is 1. The molecule has 28 heavy (non-hydrogen) atoms. The van der Waals surface area contributed by atoms with E-state index in [1.54, 1.807) is 6.07 Å². The van der Waals surface area contributed by atoms with Crippen LogP contribution in [0.5, 0.6) is 5.75 Å². The monoisotopic (exact) mass is 498 g/mol. The average Bonchev–Trinajstić information content (AvgIpc) is 3.10. The van der Waals surface area contributed by atoms with E-state index in [-0.39, 0.29) is 24.0 Å². The first-order chi connectivity index (χ1) is 13.2. The third-order valence-corrected chi connectivity index (χ3v) is 4.71. The number of phenols is 1. The van der Waals surface area contributed by atoms with Crippen molar-refractivity contribution >= 4 is 35.6 Å². The van der Waals surface area contributed by atoms with Crippen LogP contribution >= 0.6 is 24.0 Å². The van der Waals surface area contributed by atoms with Crippen LogP contribution in [0.1, 0.15) is 18.9 Å². The molecular weight excluding hydrogens is 467 g/mol. The highest BCUT2D eigenvalue weighted by Crippen LogP contribution is 2.27. The van der Waals surface area contributed by atoms with Gasteiger partial charge in [0.15, 0.2) is 5.96 Å². The van der Waals surface area contributed by atoms with E-state index in [1.807, 2.05) is 29.1 Å². The minimum atomic E-state index is 0. The summed E-state index contributed by atoms with van der Waals surface area (Å²) in [5.74, 6) is 1.33. The van der Waals surface area contributed by atoms with Crippen LogP contribution in [-0.4, -0.2) is 65.0 Å². The first-order valence-electron chi connectivity index (χ1n) is 9.72. The van der Waals surface area contributed by atoms with Gasteiger partial charge in [0, 0.05) is 52.0 Å². The molecule has 1 aliphatic rings. The maximum Gasteiger partial charge on any atom is 0.194 e. The Morgan fingerprint density at radius 3 is 2.61 bits per heavy atom. The largest absolute Gasteiger partial charge is 0.506 e. The number of aryl methyl sites for hydroxylation is 2. The lowest BCUT2D eigenvalue weighted by Crippen LogP contribution is -2.52. The van der Waals surface area contributed by atoms with E-state index < -0.39 is 0 Å². The van der Waals surface area contributed by atoms with Crippen molar-refractivity contribution in [2.75, 3.05) is 44.2 Å². The van der Waals surface area contributed by atoms with E-state index in [9.17, 15) is 5.11 Å². The molecule has 1 aromatic carbocycles. The molecule has 0 saturated carbocycles. The highest BCUT2D eigenvalue weighted by atomic mass is 127. The Morgan fingerprint density at radius 2 is 1.96 bits per heavy atom. The highest BCUT2D eigenvalue weighted by Gasteiger charge is 2.21. The number of hydrogen-bond donors (Lipinski definition) is 2. The number of nitrogens with zero attached hydrogens (tertiary/aromatic N) is 5. The van der Waals surface area contributed by atoms with Gasteiger partial charge in [0.2, 0.25) is 0 Å². The first kappa shape index (κ1) is 22.3. The molecule has 0 bridgehead atoms.